The lowest BCUT2D eigenvalue weighted by Gasteiger charge is -2.36. The molecule has 1 aliphatic heterocycles. The van der Waals surface area contributed by atoms with E-state index in [-0.39, 0.29) is 36.3 Å². The molecule has 2 aromatic heterocycles. The maximum Gasteiger partial charge on any atom is 0.492 e. The molecule has 1 atom stereocenters. The van der Waals surface area contributed by atoms with Crippen molar-refractivity contribution < 1.29 is 41.2 Å². The van der Waals surface area contributed by atoms with Gasteiger partial charge in [0.1, 0.15) is 17.9 Å². The third-order valence-electron chi connectivity index (χ3n) is 6.20. The molecule has 40 heavy (non-hydrogen) atoms. The summed E-state index contributed by atoms with van der Waals surface area (Å²) in [6.45, 7) is -0.415. The molecule has 1 amide bonds. The van der Waals surface area contributed by atoms with Crippen LogP contribution in [0.15, 0.2) is 41.1 Å². The summed E-state index contributed by atoms with van der Waals surface area (Å²) in [5.41, 5.74) is 0.954. The van der Waals surface area contributed by atoms with E-state index in [1.165, 1.54) is 36.7 Å². The summed E-state index contributed by atoms with van der Waals surface area (Å²) in [4.78, 5) is 51.4. The van der Waals surface area contributed by atoms with Crippen molar-refractivity contribution in [2.75, 3.05) is 13.1 Å². The lowest BCUT2D eigenvalue weighted by molar-refractivity contribution is -0.257. The van der Waals surface area contributed by atoms with Gasteiger partial charge in [-0.3, -0.25) is 9.59 Å². The van der Waals surface area contributed by atoms with Crippen molar-refractivity contribution >= 4 is 29.3 Å². The quantitative estimate of drug-likeness (QED) is 0.176. The highest BCUT2D eigenvalue weighted by Crippen LogP contribution is 2.30. The minimum Gasteiger partial charge on any atom is -0.442 e. The number of amides is 1. The molecular weight excluding hydrogens is 562 g/mol. The monoisotopic (exact) mass is 585 g/mol. The molecule has 0 saturated carbocycles. The number of aromatic nitrogens is 3. The van der Waals surface area contributed by atoms with E-state index in [1.54, 1.807) is 0 Å². The zero-order valence-corrected chi connectivity index (χ0v) is 21.6. The van der Waals surface area contributed by atoms with Crippen LogP contribution in [0.4, 0.5) is 17.6 Å². The Morgan fingerprint density at radius 2 is 1.90 bits per heavy atom. The molecule has 1 aromatic carbocycles. The number of imidazole rings is 1. The maximum absolute atomic E-state index is 13.3. The van der Waals surface area contributed by atoms with Crippen molar-refractivity contribution in [1.29, 1.82) is 0 Å². The smallest absolute Gasteiger partial charge is 0.442 e. The van der Waals surface area contributed by atoms with Crippen LogP contribution in [0.25, 0.3) is 11.4 Å². The van der Waals surface area contributed by atoms with Gasteiger partial charge in [0.2, 0.25) is 11.7 Å². The molecule has 4 rings (SSSR count). The van der Waals surface area contributed by atoms with Gasteiger partial charge in [0.25, 0.3) is 5.89 Å². The molecule has 2 N–H and O–H groups in total. The number of benzene rings is 1. The van der Waals surface area contributed by atoms with Crippen LogP contribution in [0.1, 0.15) is 54.5 Å². The van der Waals surface area contributed by atoms with Gasteiger partial charge in [0, 0.05) is 25.1 Å². The molecule has 214 valence electrons. The number of unbranched alkanes of at least 4 members (excludes halogenated alkanes) is 2. The van der Waals surface area contributed by atoms with Gasteiger partial charge in [0.15, 0.2) is 5.15 Å². The maximum atomic E-state index is 13.3. The Hall–Kier alpha value is -3.78. The lowest BCUT2D eigenvalue weighted by atomic mass is 9.99. The van der Waals surface area contributed by atoms with Crippen molar-refractivity contribution in [3.05, 3.63) is 59.3 Å². The highest BCUT2D eigenvalue weighted by molar-refractivity contribution is 6.30. The van der Waals surface area contributed by atoms with Crippen LogP contribution in [-0.4, -0.2) is 56.9 Å². The fourth-order valence-electron chi connectivity index (χ4n) is 4.05. The predicted octanol–water partition coefficient (Wildman–Crippen LogP) is 4.80. The SMILES string of the molecule is O=C(CCCCC[C@H](NC(=O)C1CN(OC(=O)C(F)(F)F)C1)c1[nH]c(-c2ccc(F)cc2)nc1Cl)c1ncco1. The van der Waals surface area contributed by atoms with Gasteiger partial charge >= 0.3 is 12.1 Å². The fourth-order valence-corrected chi connectivity index (χ4v) is 4.31. The molecule has 10 nitrogen and oxygen atoms in total. The molecule has 0 radical (unpaired) electrons. The minimum atomic E-state index is -5.14. The first-order chi connectivity index (χ1) is 19.0. The van der Waals surface area contributed by atoms with Crippen molar-refractivity contribution in [2.24, 2.45) is 5.92 Å². The van der Waals surface area contributed by atoms with E-state index in [9.17, 15) is 31.9 Å². The zero-order valence-electron chi connectivity index (χ0n) is 20.8. The molecule has 1 fully saturated rings. The molecule has 0 unspecified atom stereocenters. The molecule has 1 saturated heterocycles. The van der Waals surface area contributed by atoms with E-state index < -0.39 is 35.8 Å². The van der Waals surface area contributed by atoms with E-state index in [4.69, 9.17) is 16.0 Å². The number of hydroxylamine groups is 2. The van der Waals surface area contributed by atoms with E-state index in [0.717, 1.165) is 5.06 Å². The number of hydrogen-bond donors (Lipinski definition) is 2. The Labute approximate surface area is 230 Å². The number of ketones is 1. The third-order valence-corrected chi connectivity index (χ3v) is 6.49. The first kappa shape index (κ1) is 29.2. The lowest BCUT2D eigenvalue weighted by Crippen LogP contribution is -2.55. The molecule has 0 bridgehead atoms. The number of nitrogens with one attached hydrogen (secondary N) is 2. The van der Waals surface area contributed by atoms with Gasteiger partial charge < -0.3 is 19.6 Å². The normalized spacial score (nSPS) is 14.9. The number of hydrogen-bond acceptors (Lipinski definition) is 8. The van der Waals surface area contributed by atoms with Gasteiger partial charge in [-0.15, -0.1) is 5.06 Å². The highest BCUT2D eigenvalue weighted by atomic mass is 35.5. The van der Waals surface area contributed by atoms with Crippen molar-refractivity contribution in [3.8, 4) is 11.4 Å². The van der Waals surface area contributed by atoms with Gasteiger partial charge in [-0.25, -0.2) is 19.2 Å². The van der Waals surface area contributed by atoms with E-state index in [1.807, 2.05) is 0 Å². The van der Waals surface area contributed by atoms with Crippen LogP contribution in [0, 0.1) is 11.7 Å². The first-order valence-electron chi connectivity index (χ1n) is 12.3. The second kappa shape index (κ2) is 12.6. The van der Waals surface area contributed by atoms with E-state index in [2.05, 4.69) is 25.1 Å². The number of alkyl halides is 3. The Balaban J connectivity index is 1.38. The molecule has 3 aromatic rings. The van der Waals surface area contributed by atoms with Crippen LogP contribution < -0.4 is 5.32 Å². The number of rotatable bonds is 12. The molecular formula is C25H24ClF4N5O5. The third kappa shape index (κ3) is 7.45. The summed E-state index contributed by atoms with van der Waals surface area (Å²) < 4.78 is 55.6. The summed E-state index contributed by atoms with van der Waals surface area (Å²) >= 11 is 6.39. The topological polar surface area (TPSA) is 130 Å². The van der Waals surface area contributed by atoms with E-state index in [0.29, 0.717) is 42.8 Å². The van der Waals surface area contributed by atoms with Crippen LogP contribution in [0.5, 0.6) is 0 Å². The second-order valence-corrected chi connectivity index (χ2v) is 9.50. The Kier molecular flexibility index (Phi) is 9.20. The summed E-state index contributed by atoms with van der Waals surface area (Å²) in [6, 6.07) is 4.89. The Bertz CT molecular complexity index is 1320. The number of Topliss-reactive ketones (excluding diaryl/α,β-unsaturated/α-hetero) is 1. The van der Waals surface area contributed by atoms with Gasteiger partial charge in [-0.05, 0) is 37.1 Å². The van der Waals surface area contributed by atoms with Gasteiger partial charge in [-0.1, -0.05) is 24.4 Å². The predicted molar refractivity (Wildman–Crippen MR) is 131 cm³/mol. The summed E-state index contributed by atoms with van der Waals surface area (Å²) in [5, 5.41) is 3.68. The molecule has 0 aliphatic carbocycles. The summed E-state index contributed by atoms with van der Waals surface area (Å²) in [6.07, 6.45) is -0.0779. The van der Waals surface area contributed by atoms with Crippen molar-refractivity contribution in [3.63, 3.8) is 0 Å². The number of H-pyrrole nitrogens is 1. The van der Waals surface area contributed by atoms with E-state index >= 15 is 0 Å². The van der Waals surface area contributed by atoms with Crippen molar-refractivity contribution in [1.82, 2.24) is 25.3 Å². The average molecular weight is 586 g/mol. The number of halogens is 5. The number of carbonyl (C=O) groups is 3. The molecule has 0 spiro atoms. The largest absolute Gasteiger partial charge is 0.492 e. The minimum absolute atomic E-state index is 0.0400. The van der Waals surface area contributed by atoms with Crippen molar-refractivity contribution in [2.45, 2.75) is 44.3 Å². The number of nitrogens with zero attached hydrogens (tertiary/aromatic N) is 3. The fraction of sp³-hybridized carbons (Fsp3) is 0.400. The summed E-state index contributed by atoms with van der Waals surface area (Å²) in [5.74, 6) is -3.82. The first-order valence-corrected chi connectivity index (χ1v) is 12.7. The Morgan fingerprint density at radius 3 is 2.55 bits per heavy atom. The molecule has 15 heteroatoms. The van der Waals surface area contributed by atoms with Crippen LogP contribution in [0.3, 0.4) is 0 Å². The zero-order chi connectivity index (χ0) is 28.9. The number of carbonyl (C=O) groups excluding carboxylic acids is 3. The Morgan fingerprint density at radius 1 is 1.18 bits per heavy atom. The number of aromatic amines is 1. The van der Waals surface area contributed by atoms with Crippen LogP contribution in [-0.2, 0) is 14.4 Å². The standard InChI is InChI=1S/C25H24ClF4N5O5/c26-20-19(33-21(34-20)14-6-8-16(27)9-7-14)17(4-2-1-3-5-18(36)23-31-10-11-39-23)32-22(37)15-12-35(13-15)40-24(38)25(28,29)30/h6-11,15,17H,1-5,12-13H2,(H,32,37)(H,33,34)/t17-/m0/s1. The molecule has 3 heterocycles. The molecule has 1 aliphatic rings. The van der Waals surface area contributed by atoms with Gasteiger partial charge in [0.05, 0.1) is 23.9 Å². The van der Waals surface area contributed by atoms with Gasteiger partial charge in [-0.2, -0.15) is 13.2 Å². The van der Waals surface area contributed by atoms with Crippen LogP contribution >= 0.6 is 11.6 Å². The highest BCUT2D eigenvalue weighted by Gasteiger charge is 2.45. The number of oxazole rings is 1. The average Bonchev–Trinajstić information content (AvgIpc) is 3.55. The van der Waals surface area contributed by atoms with Crippen LogP contribution in [0.2, 0.25) is 5.15 Å². The second-order valence-electron chi connectivity index (χ2n) is 9.14. The summed E-state index contributed by atoms with van der Waals surface area (Å²) in [7, 11) is 0.